The van der Waals surface area contributed by atoms with E-state index in [-0.39, 0.29) is 5.41 Å². The zero-order valence-corrected chi connectivity index (χ0v) is 22.0. The molecule has 3 aromatic rings. The molecular formula is C29H35N3O2S. The van der Waals surface area contributed by atoms with Crippen LogP contribution in [0.2, 0.25) is 0 Å². The number of aryl methyl sites for hydroxylation is 2. The Morgan fingerprint density at radius 3 is 2.11 bits per heavy atom. The third kappa shape index (κ3) is 4.34. The van der Waals surface area contributed by atoms with Crippen molar-refractivity contribution in [1.29, 1.82) is 0 Å². The van der Waals surface area contributed by atoms with Gasteiger partial charge in [0, 0.05) is 56.2 Å². The Labute approximate surface area is 210 Å². The van der Waals surface area contributed by atoms with Crippen LogP contribution in [0.3, 0.4) is 0 Å². The summed E-state index contributed by atoms with van der Waals surface area (Å²) in [6.45, 7) is 6.51. The van der Waals surface area contributed by atoms with Crippen molar-refractivity contribution < 1.29 is 8.42 Å². The predicted molar refractivity (Wildman–Crippen MR) is 144 cm³/mol. The summed E-state index contributed by atoms with van der Waals surface area (Å²) < 4.78 is 28.4. The van der Waals surface area contributed by atoms with Crippen LogP contribution >= 0.6 is 0 Å². The first-order valence-corrected chi connectivity index (χ1v) is 13.9. The van der Waals surface area contributed by atoms with E-state index < -0.39 is 10.0 Å². The third-order valence-corrected chi connectivity index (χ3v) is 9.39. The van der Waals surface area contributed by atoms with Crippen LogP contribution in [0.4, 0.5) is 17.1 Å². The van der Waals surface area contributed by atoms with Crippen LogP contribution < -0.4 is 9.80 Å². The molecule has 0 aromatic heterocycles. The van der Waals surface area contributed by atoms with Crippen molar-refractivity contribution in [2.24, 2.45) is 0 Å². The van der Waals surface area contributed by atoms with Gasteiger partial charge >= 0.3 is 0 Å². The van der Waals surface area contributed by atoms with Crippen LogP contribution in [0.1, 0.15) is 37.0 Å². The van der Waals surface area contributed by atoms with Gasteiger partial charge in [0.2, 0.25) is 10.0 Å². The Hall–Kier alpha value is -2.83. The van der Waals surface area contributed by atoms with E-state index in [0.717, 1.165) is 38.0 Å². The highest BCUT2D eigenvalue weighted by Crippen LogP contribution is 2.41. The number of benzene rings is 3. The normalized spacial score (nSPS) is 16.6. The summed E-state index contributed by atoms with van der Waals surface area (Å²) in [6, 6.07) is 22.7. The molecule has 0 bridgehead atoms. The number of hydrogen-bond acceptors (Lipinski definition) is 4. The molecule has 0 amide bonds. The number of rotatable bonds is 6. The average molecular weight is 490 g/mol. The average Bonchev–Trinajstić information content (AvgIpc) is 2.98. The molecule has 0 unspecified atom stereocenters. The van der Waals surface area contributed by atoms with E-state index in [9.17, 15) is 8.42 Å². The molecule has 5 nitrogen and oxygen atoms in total. The second-order valence-corrected chi connectivity index (χ2v) is 12.6. The maximum atomic E-state index is 13.4. The summed E-state index contributed by atoms with van der Waals surface area (Å²) in [5, 5.41) is 0. The maximum absolute atomic E-state index is 13.4. The maximum Gasteiger partial charge on any atom is 0.242 e. The van der Waals surface area contributed by atoms with Gasteiger partial charge in [-0.2, -0.15) is 0 Å². The fraction of sp³-hybridized carbons (Fsp3) is 0.379. The quantitative estimate of drug-likeness (QED) is 0.468. The fourth-order valence-corrected chi connectivity index (χ4v) is 6.92. The van der Waals surface area contributed by atoms with Gasteiger partial charge in [0.1, 0.15) is 0 Å². The number of sulfonamides is 1. The Kier molecular flexibility index (Phi) is 6.14. The molecule has 5 rings (SSSR count). The van der Waals surface area contributed by atoms with E-state index in [1.54, 1.807) is 13.1 Å². The van der Waals surface area contributed by atoms with Gasteiger partial charge < -0.3 is 9.80 Å². The van der Waals surface area contributed by atoms with Crippen LogP contribution in [0.5, 0.6) is 0 Å². The van der Waals surface area contributed by atoms with Gasteiger partial charge in [-0.25, -0.2) is 12.7 Å². The minimum absolute atomic E-state index is 0.0258. The van der Waals surface area contributed by atoms with Crippen LogP contribution in [0.15, 0.2) is 71.6 Å². The molecule has 0 saturated heterocycles. The van der Waals surface area contributed by atoms with Gasteiger partial charge in [0.05, 0.1) is 4.90 Å². The second-order valence-electron chi connectivity index (χ2n) is 10.5. The number of hydrogen-bond donors (Lipinski definition) is 0. The highest BCUT2D eigenvalue weighted by Gasteiger charge is 2.34. The lowest BCUT2D eigenvalue weighted by Crippen LogP contribution is -2.30. The van der Waals surface area contributed by atoms with Crippen molar-refractivity contribution in [2.75, 3.05) is 43.5 Å². The fourth-order valence-electron chi connectivity index (χ4n) is 5.69. The second kappa shape index (κ2) is 8.99. The lowest BCUT2D eigenvalue weighted by atomic mass is 9.87. The van der Waals surface area contributed by atoms with Crippen molar-refractivity contribution in [3.05, 3.63) is 83.4 Å². The monoisotopic (exact) mass is 489 g/mol. The van der Waals surface area contributed by atoms with Crippen LogP contribution in [-0.4, -0.2) is 46.5 Å². The molecule has 2 aliphatic rings. The summed E-state index contributed by atoms with van der Waals surface area (Å²) >= 11 is 0. The largest absolute Gasteiger partial charge is 0.373 e. The zero-order chi connectivity index (χ0) is 24.8. The van der Waals surface area contributed by atoms with Gasteiger partial charge in [-0.3, -0.25) is 0 Å². The molecule has 0 N–H and O–H groups in total. The Morgan fingerprint density at radius 1 is 0.886 bits per heavy atom. The van der Waals surface area contributed by atoms with Crippen molar-refractivity contribution in [3.63, 3.8) is 0 Å². The van der Waals surface area contributed by atoms with Gasteiger partial charge in [0.25, 0.3) is 0 Å². The van der Waals surface area contributed by atoms with Gasteiger partial charge in [0.15, 0.2) is 0 Å². The summed E-state index contributed by atoms with van der Waals surface area (Å²) in [5.41, 5.74) is 7.39. The van der Waals surface area contributed by atoms with Crippen LogP contribution in [0.25, 0.3) is 0 Å². The Balaban J connectivity index is 1.34. The first-order chi connectivity index (χ1) is 16.7. The molecule has 2 heterocycles. The molecule has 2 aliphatic heterocycles. The smallest absolute Gasteiger partial charge is 0.242 e. The van der Waals surface area contributed by atoms with E-state index in [1.807, 2.05) is 19.2 Å². The first-order valence-electron chi connectivity index (χ1n) is 12.4. The number of para-hydroxylation sites is 2. The standard InChI is InChI=1S/C29H35N3O2S/c1-29(2)21-30(3)28-20-24(16-17-25(28)29)35(33,34)31(4)18-9-19-32-26-12-7-5-10-22(26)14-15-23-11-6-8-13-27(23)32/h5-8,10-13,16-17,20H,9,14-15,18-19,21H2,1-4H3. The van der Waals surface area contributed by atoms with Gasteiger partial charge in [-0.15, -0.1) is 0 Å². The third-order valence-electron chi connectivity index (χ3n) is 7.53. The summed E-state index contributed by atoms with van der Waals surface area (Å²) in [7, 11) is 0.163. The molecule has 0 fully saturated rings. The molecule has 6 heteroatoms. The number of anilines is 3. The van der Waals surface area contributed by atoms with Crippen molar-refractivity contribution in [1.82, 2.24) is 4.31 Å². The minimum atomic E-state index is -3.56. The number of fused-ring (bicyclic) bond motifs is 3. The lowest BCUT2D eigenvalue weighted by molar-refractivity contribution is 0.463. The molecule has 184 valence electrons. The molecule has 3 aromatic carbocycles. The molecule has 35 heavy (non-hydrogen) atoms. The Morgan fingerprint density at radius 2 is 1.49 bits per heavy atom. The van der Waals surface area contributed by atoms with E-state index in [2.05, 4.69) is 72.2 Å². The van der Waals surface area contributed by atoms with E-state index in [1.165, 1.54) is 32.4 Å². The van der Waals surface area contributed by atoms with E-state index >= 15 is 0 Å². The number of likely N-dealkylation sites (N-methyl/N-ethyl adjacent to an activating group) is 1. The molecule has 0 atom stereocenters. The van der Waals surface area contributed by atoms with Gasteiger partial charge in [-0.05, 0) is 60.2 Å². The van der Waals surface area contributed by atoms with E-state index in [4.69, 9.17) is 0 Å². The molecule has 0 saturated carbocycles. The van der Waals surface area contributed by atoms with Crippen LogP contribution in [-0.2, 0) is 28.3 Å². The van der Waals surface area contributed by atoms with Gasteiger partial charge in [-0.1, -0.05) is 56.3 Å². The highest BCUT2D eigenvalue weighted by atomic mass is 32.2. The van der Waals surface area contributed by atoms with Crippen molar-refractivity contribution in [2.45, 2.75) is 43.4 Å². The topological polar surface area (TPSA) is 43.9 Å². The molecule has 0 aliphatic carbocycles. The van der Waals surface area contributed by atoms with Crippen molar-refractivity contribution >= 4 is 27.1 Å². The minimum Gasteiger partial charge on any atom is -0.373 e. The molecule has 0 radical (unpaired) electrons. The molecule has 0 spiro atoms. The summed E-state index contributed by atoms with van der Waals surface area (Å²) in [4.78, 5) is 4.89. The zero-order valence-electron chi connectivity index (χ0n) is 21.2. The van der Waals surface area contributed by atoms with E-state index in [0.29, 0.717) is 11.4 Å². The number of nitrogens with zero attached hydrogens (tertiary/aromatic N) is 3. The predicted octanol–water partition coefficient (Wildman–Crippen LogP) is 5.36. The molecular weight excluding hydrogens is 454 g/mol. The summed E-state index contributed by atoms with van der Waals surface area (Å²) in [5.74, 6) is 0. The first kappa shape index (κ1) is 23.9. The van der Waals surface area contributed by atoms with Crippen LogP contribution in [0, 0.1) is 0 Å². The summed E-state index contributed by atoms with van der Waals surface area (Å²) in [6.07, 6.45) is 2.76. The highest BCUT2D eigenvalue weighted by molar-refractivity contribution is 7.89. The Bertz CT molecular complexity index is 1300. The van der Waals surface area contributed by atoms with Crippen molar-refractivity contribution in [3.8, 4) is 0 Å². The lowest BCUT2D eigenvalue weighted by Gasteiger charge is -2.28. The SMILES string of the molecule is CN1CC(C)(C)c2ccc(S(=O)(=O)N(C)CCCN3c4ccccc4CCc4ccccc43)cc21.